The normalized spacial score (nSPS) is 7.85. The minimum absolute atomic E-state index is 0. The van der Waals surface area contributed by atoms with Crippen LogP contribution in [-0.4, -0.2) is 17.5 Å². The van der Waals surface area contributed by atoms with Gasteiger partial charge in [0, 0.05) is 45.7 Å². The number of Topliss-reactive ketones (excluding diaryl/α,β-unsaturated/α-hetero) is 1. The molecule has 5 heteroatoms. The van der Waals surface area contributed by atoms with E-state index < -0.39 is 0 Å². The van der Waals surface area contributed by atoms with Gasteiger partial charge in [0.1, 0.15) is 5.78 Å². The summed E-state index contributed by atoms with van der Waals surface area (Å²) in [4.78, 5) is 10.8. The van der Waals surface area contributed by atoms with Gasteiger partial charge in [0.2, 0.25) is 0 Å². The van der Waals surface area contributed by atoms with Gasteiger partial charge in [-0.15, -0.1) is 0 Å². The van der Waals surface area contributed by atoms with E-state index in [1.165, 1.54) is 22.4 Å². The molecule has 0 aliphatic carbocycles. The average molecular weight is 407 g/mol. The van der Waals surface area contributed by atoms with E-state index in [1.54, 1.807) is 0 Å². The van der Waals surface area contributed by atoms with Crippen LogP contribution in [0.5, 0.6) is 0 Å². The Morgan fingerprint density at radius 2 is 1.85 bits per heavy atom. The molecule has 13 heavy (non-hydrogen) atoms. The zero-order chi connectivity index (χ0) is 9.82. The van der Waals surface area contributed by atoms with Crippen LogP contribution >= 0.6 is 12.2 Å². The summed E-state index contributed by atoms with van der Waals surface area (Å²) in [7, 11) is 0. The molecule has 75 valence electrons. The van der Waals surface area contributed by atoms with Crippen molar-refractivity contribution in [2.75, 3.05) is 6.61 Å². The van der Waals surface area contributed by atoms with Crippen molar-refractivity contribution >= 4 is 18.0 Å². The number of aliphatic hydroxyl groups is 1. The van der Waals surface area contributed by atoms with Crippen molar-refractivity contribution in [2.24, 2.45) is 0 Å². The maximum absolute atomic E-state index is 10.8. The predicted molar refractivity (Wildman–Crippen MR) is 49.8 cm³/mol. The van der Waals surface area contributed by atoms with E-state index in [-0.39, 0.29) is 32.8 Å². The van der Waals surface area contributed by atoms with Gasteiger partial charge in [-0.3, -0.25) is 4.79 Å². The summed E-state index contributed by atoms with van der Waals surface area (Å²) in [5.74, 6) is 0.330. The molecule has 0 bridgehead atoms. The molecule has 2 nitrogen and oxygen atoms in total. The zero-order valence-electron chi connectivity index (χ0n) is 7.98. The minimum atomic E-state index is 0. The Hall–Kier alpha value is 1.88. The Balaban J connectivity index is -0.000000309. The molecule has 0 fully saturated rings. The quantitative estimate of drug-likeness (QED) is 0.688. The third kappa shape index (κ3) is 20.1. The monoisotopic (exact) mass is 403 g/mol. The SMILES string of the molecule is CCCC(=O)CCCCO.[Br][Zr].[Zr]. The minimum Gasteiger partial charge on any atom is 0 e. The number of hydrogen-bond acceptors (Lipinski definition) is 2. The van der Waals surface area contributed by atoms with E-state index in [1.807, 2.05) is 6.92 Å². The number of ketones is 1. The molecule has 0 saturated carbocycles. The number of rotatable bonds is 6. The molecule has 0 amide bonds. The Bertz CT molecular complexity index is 102. The van der Waals surface area contributed by atoms with Crippen LogP contribution in [0.2, 0.25) is 0 Å². The molecule has 0 saturated heterocycles. The van der Waals surface area contributed by atoms with E-state index >= 15 is 0 Å². The molecule has 0 unspecified atom stereocenters. The third-order valence-corrected chi connectivity index (χ3v) is 1.39. The van der Waals surface area contributed by atoms with Gasteiger partial charge < -0.3 is 5.11 Å². The van der Waals surface area contributed by atoms with Crippen molar-refractivity contribution < 1.29 is 58.5 Å². The van der Waals surface area contributed by atoms with Crippen molar-refractivity contribution in [1.82, 2.24) is 0 Å². The summed E-state index contributed by atoms with van der Waals surface area (Å²) in [6.07, 6.45) is 3.89. The standard InChI is InChI=1S/C8H16O2.BrH.2Zr/c1-2-5-8(10)6-3-4-7-9;;;/h9H,2-7H2,1H3;1H;;/q;;;+1/p-1. The third-order valence-electron chi connectivity index (χ3n) is 1.39. The van der Waals surface area contributed by atoms with Gasteiger partial charge in [0.25, 0.3) is 0 Å². The Morgan fingerprint density at radius 3 is 2.23 bits per heavy atom. The maximum Gasteiger partial charge on any atom is 0 e. The second-order valence-electron chi connectivity index (χ2n) is 2.47. The topological polar surface area (TPSA) is 37.3 Å². The van der Waals surface area contributed by atoms with E-state index in [9.17, 15) is 4.79 Å². The van der Waals surface area contributed by atoms with Crippen LogP contribution in [0.15, 0.2) is 0 Å². The number of carbonyl (C=O) groups is 1. The number of halogens is 1. The van der Waals surface area contributed by atoms with Crippen LogP contribution in [0, 0.1) is 0 Å². The molecule has 0 spiro atoms. The summed E-state index contributed by atoms with van der Waals surface area (Å²) >= 11 is 4.39. The number of unbranched alkanes of at least 4 members (excludes halogenated alkanes) is 1. The van der Waals surface area contributed by atoms with Gasteiger partial charge >= 0.3 is 34.6 Å². The van der Waals surface area contributed by atoms with Crippen LogP contribution in [-0.2, 0) is 53.4 Å². The molecule has 0 aliphatic rings. The first kappa shape index (κ1) is 20.3. The van der Waals surface area contributed by atoms with Crippen LogP contribution in [0.1, 0.15) is 39.0 Å². The molecular weight excluding hydrogens is 390 g/mol. The van der Waals surface area contributed by atoms with E-state index in [0.717, 1.165) is 19.3 Å². The summed E-state index contributed by atoms with van der Waals surface area (Å²) < 4.78 is 0. The predicted octanol–water partition coefficient (Wildman–Crippen LogP) is 2.36. The van der Waals surface area contributed by atoms with Gasteiger partial charge in [0.15, 0.2) is 0 Å². The Labute approximate surface area is 121 Å². The molecule has 0 aromatic rings. The van der Waals surface area contributed by atoms with Gasteiger partial charge in [-0.05, 0) is 19.3 Å². The van der Waals surface area contributed by atoms with Crippen LogP contribution in [0.25, 0.3) is 0 Å². The van der Waals surface area contributed by atoms with Gasteiger partial charge in [-0.1, -0.05) is 6.92 Å². The summed E-state index contributed by atoms with van der Waals surface area (Å²) in [6, 6.07) is 0. The average Bonchev–Trinajstić information content (AvgIpc) is 2.09. The summed E-state index contributed by atoms with van der Waals surface area (Å²) in [6.45, 7) is 2.21. The van der Waals surface area contributed by atoms with Gasteiger partial charge in [-0.25, -0.2) is 0 Å². The molecular formula is C8H16BrO2Zr2. The van der Waals surface area contributed by atoms with Crippen molar-refractivity contribution in [1.29, 1.82) is 0 Å². The first-order valence-electron chi connectivity index (χ1n) is 4.12. The smallest absolute Gasteiger partial charge is 0 e. The largest absolute Gasteiger partial charge is 0 e. The first-order chi connectivity index (χ1) is 5.81. The van der Waals surface area contributed by atoms with Gasteiger partial charge in [0.05, 0.1) is 0 Å². The molecule has 0 aromatic heterocycles. The van der Waals surface area contributed by atoms with E-state index in [2.05, 4.69) is 12.2 Å². The number of carbonyl (C=O) groups excluding carboxylic acids is 1. The molecule has 0 aromatic carbocycles. The maximum atomic E-state index is 10.8. The molecule has 0 atom stereocenters. The fourth-order valence-electron chi connectivity index (χ4n) is 0.838. The summed E-state index contributed by atoms with van der Waals surface area (Å²) in [5, 5.41) is 8.40. The van der Waals surface area contributed by atoms with Crippen molar-refractivity contribution in [3.8, 4) is 0 Å². The molecule has 0 rings (SSSR count). The molecule has 1 N–H and O–H groups in total. The molecule has 0 aliphatic heterocycles. The second-order valence-corrected chi connectivity index (χ2v) is 2.47. The van der Waals surface area contributed by atoms with Crippen molar-refractivity contribution in [2.45, 2.75) is 39.0 Å². The Morgan fingerprint density at radius 1 is 1.31 bits per heavy atom. The summed E-state index contributed by atoms with van der Waals surface area (Å²) in [5.41, 5.74) is 0. The molecule has 0 radical (unpaired) electrons. The molecule has 0 heterocycles. The fourth-order valence-corrected chi connectivity index (χ4v) is 0.838. The number of hydrogen-bond donors (Lipinski definition) is 1. The number of aliphatic hydroxyl groups excluding tert-OH is 1. The fraction of sp³-hybridized carbons (Fsp3) is 0.875. The van der Waals surface area contributed by atoms with Crippen LogP contribution in [0.4, 0.5) is 0 Å². The first-order valence-corrected chi connectivity index (χ1v) is 9.74. The van der Waals surface area contributed by atoms with Crippen molar-refractivity contribution in [3.63, 3.8) is 0 Å². The van der Waals surface area contributed by atoms with Crippen molar-refractivity contribution in [3.05, 3.63) is 0 Å². The van der Waals surface area contributed by atoms with Crippen LogP contribution < -0.4 is 0 Å². The zero-order valence-corrected chi connectivity index (χ0v) is 14.5. The van der Waals surface area contributed by atoms with E-state index in [4.69, 9.17) is 5.11 Å². The van der Waals surface area contributed by atoms with Crippen LogP contribution in [0.3, 0.4) is 0 Å². The van der Waals surface area contributed by atoms with Gasteiger partial charge in [-0.2, -0.15) is 0 Å². The second kappa shape index (κ2) is 19.4. The van der Waals surface area contributed by atoms with E-state index in [0.29, 0.717) is 18.6 Å². The Kier molecular flexibility index (Phi) is 30.4.